The Kier molecular flexibility index (Phi) is 4.68. The molecule has 0 radical (unpaired) electrons. The first kappa shape index (κ1) is 20.2. The molecule has 1 amide bonds. The largest absolute Gasteiger partial charge is 0.478 e. The predicted molar refractivity (Wildman–Crippen MR) is 110 cm³/mol. The summed E-state index contributed by atoms with van der Waals surface area (Å²) in [6.07, 6.45) is 2.17. The number of fused-ring (bicyclic) bond motifs is 2. The molecule has 1 N–H and O–H groups in total. The maximum atomic E-state index is 14.2. The molecule has 5 heterocycles. The van der Waals surface area contributed by atoms with Gasteiger partial charge < -0.3 is 19.0 Å². The number of aromatic nitrogens is 6. The standard InChI is InChI=1S/C21H22FN7O3/c1-4-31-15-7-5-6-12-10-14(27-29(12)15)17-16-13(23-11-24-16)8-9-28(17)19(30)18-25-26-20(32-18)21(2,3)22/h5-7,10-11,17H,4,8-9H2,1-3H3,(H,23,24)/t17-/m1/s1. The van der Waals surface area contributed by atoms with Crippen molar-refractivity contribution in [2.45, 2.75) is 38.9 Å². The molecule has 5 rings (SSSR count). The summed E-state index contributed by atoms with van der Waals surface area (Å²) in [5.74, 6) is -0.426. The van der Waals surface area contributed by atoms with E-state index in [1.54, 1.807) is 15.7 Å². The van der Waals surface area contributed by atoms with Crippen LogP contribution in [-0.2, 0) is 12.1 Å². The van der Waals surface area contributed by atoms with Crippen molar-refractivity contribution in [3.63, 3.8) is 0 Å². The van der Waals surface area contributed by atoms with Crippen LogP contribution in [0.2, 0.25) is 0 Å². The van der Waals surface area contributed by atoms with Crippen molar-refractivity contribution in [1.29, 1.82) is 0 Å². The van der Waals surface area contributed by atoms with Crippen molar-refractivity contribution in [3.8, 4) is 5.88 Å². The molecule has 10 nitrogen and oxygen atoms in total. The summed E-state index contributed by atoms with van der Waals surface area (Å²) in [6, 6.07) is 6.93. The second kappa shape index (κ2) is 7.43. The number of halogens is 1. The molecule has 4 aromatic rings. The van der Waals surface area contributed by atoms with Crippen molar-refractivity contribution in [2.75, 3.05) is 13.2 Å². The highest BCUT2D eigenvalue weighted by molar-refractivity contribution is 5.90. The number of carbonyl (C=O) groups excluding carboxylic acids is 1. The third-order valence-electron chi connectivity index (χ3n) is 5.35. The molecule has 0 saturated heterocycles. The lowest BCUT2D eigenvalue weighted by Crippen LogP contribution is -2.41. The number of nitrogens with one attached hydrogen (secondary N) is 1. The molecule has 1 atom stereocenters. The number of imidazole rings is 1. The first-order chi connectivity index (χ1) is 15.4. The third-order valence-corrected chi connectivity index (χ3v) is 5.35. The highest BCUT2D eigenvalue weighted by Gasteiger charge is 2.39. The maximum Gasteiger partial charge on any atom is 0.312 e. The van der Waals surface area contributed by atoms with Gasteiger partial charge in [-0.25, -0.2) is 13.9 Å². The number of pyridine rings is 1. The normalized spacial score (nSPS) is 16.4. The molecule has 0 unspecified atom stereocenters. The molecular formula is C21H22FN7O3. The molecule has 4 aromatic heterocycles. The Bertz CT molecular complexity index is 1290. The number of nitrogens with zero attached hydrogens (tertiary/aromatic N) is 6. The van der Waals surface area contributed by atoms with Crippen LogP contribution in [0, 0.1) is 0 Å². The average molecular weight is 439 g/mol. The Morgan fingerprint density at radius 3 is 2.97 bits per heavy atom. The van der Waals surface area contributed by atoms with Gasteiger partial charge in [-0.1, -0.05) is 6.07 Å². The van der Waals surface area contributed by atoms with Gasteiger partial charge in [-0.05, 0) is 32.9 Å². The monoisotopic (exact) mass is 439 g/mol. The van der Waals surface area contributed by atoms with Gasteiger partial charge in [0.25, 0.3) is 5.89 Å². The molecule has 11 heteroatoms. The lowest BCUT2D eigenvalue weighted by Gasteiger charge is -2.32. The molecule has 0 fully saturated rings. The SMILES string of the molecule is CCOc1cccc2cc([C@@H]3c4nc[nH]c4CCN3C(=O)c3nnc(C(C)(C)F)o3)nn12. The Morgan fingerprint density at radius 1 is 1.38 bits per heavy atom. The molecule has 0 saturated carbocycles. The summed E-state index contributed by atoms with van der Waals surface area (Å²) >= 11 is 0. The van der Waals surface area contributed by atoms with E-state index in [0.29, 0.717) is 36.8 Å². The lowest BCUT2D eigenvalue weighted by atomic mass is 9.99. The number of amides is 1. The molecule has 166 valence electrons. The van der Waals surface area contributed by atoms with E-state index in [2.05, 4.69) is 20.2 Å². The third kappa shape index (κ3) is 3.29. The van der Waals surface area contributed by atoms with Crippen molar-refractivity contribution in [2.24, 2.45) is 0 Å². The van der Waals surface area contributed by atoms with E-state index in [0.717, 1.165) is 11.2 Å². The molecular weight excluding hydrogens is 417 g/mol. The second-order valence-corrected chi connectivity index (χ2v) is 8.01. The summed E-state index contributed by atoms with van der Waals surface area (Å²) in [5.41, 5.74) is 1.21. The maximum absolute atomic E-state index is 14.2. The fraction of sp³-hybridized carbons (Fsp3) is 0.381. The van der Waals surface area contributed by atoms with Crippen LogP contribution < -0.4 is 4.74 Å². The zero-order valence-corrected chi connectivity index (χ0v) is 17.9. The Hall–Kier alpha value is -3.76. The number of rotatable bonds is 5. The molecule has 1 aliphatic heterocycles. The summed E-state index contributed by atoms with van der Waals surface area (Å²) in [7, 11) is 0. The van der Waals surface area contributed by atoms with Crippen LogP contribution in [0.4, 0.5) is 4.39 Å². The number of carbonyl (C=O) groups is 1. The van der Waals surface area contributed by atoms with E-state index in [1.165, 1.54) is 13.8 Å². The quantitative estimate of drug-likeness (QED) is 0.508. The van der Waals surface area contributed by atoms with Crippen LogP contribution in [0.1, 0.15) is 60.5 Å². The van der Waals surface area contributed by atoms with Gasteiger partial charge in [0.15, 0.2) is 5.67 Å². The van der Waals surface area contributed by atoms with Crippen molar-refractivity contribution in [3.05, 3.63) is 59.5 Å². The number of hydrogen-bond donors (Lipinski definition) is 1. The summed E-state index contributed by atoms with van der Waals surface area (Å²) in [5, 5.41) is 12.2. The summed E-state index contributed by atoms with van der Waals surface area (Å²) < 4.78 is 26.9. The van der Waals surface area contributed by atoms with E-state index < -0.39 is 17.6 Å². The highest BCUT2D eigenvalue weighted by atomic mass is 19.1. The Morgan fingerprint density at radius 2 is 2.22 bits per heavy atom. The van der Waals surface area contributed by atoms with E-state index in [1.807, 2.05) is 31.2 Å². The minimum atomic E-state index is -1.85. The van der Waals surface area contributed by atoms with Crippen LogP contribution in [-0.4, -0.2) is 53.7 Å². The molecule has 32 heavy (non-hydrogen) atoms. The number of hydrogen-bond acceptors (Lipinski definition) is 7. The summed E-state index contributed by atoms with van der Waals surface area (Å²) in [6.45, 7) is 5.36. The zero-order valence-electron chi connectivity index (χ0n) is 17.9. The minimum absolute atomic E-state index is 0.246. The van der Waals surface area contributed by atoms with Gasteiger partial charge in [-0.3, -0.25) is 4.79 Å². The number of aromatic amines is 1. The van der Waals surface area contributed by atoms with Gasteiger partial charge in [0, 0.05) is 24.7 Å². The smallest absolute Gasteiger partial charge is 0.312 e. The van der Waals surface area contributed by atoms with E-state index in [9.17, 15) is 9.18 Å². The van der Waals surface area contributed by atoms with Crippen LogP contribution in [0.5, 0.6) is 5.88 Å². The Labute approximate surface area is 182 Å². The fourth-order valence-electron chi connectivity index (χ4n) is 3.87. The van der Waals surface area contributed by atoms with E-state index >= 15 is 0 Å². The summed E-state index contributed by atoms with van der Waals surface area (Å²) in [4.78, 5) is 22.5. The van der Waals surface area contributed by atoms with Gasteiger partial charge in [-0.2, -0.15) is 5.10 Å². The van der Waals surface area contributed by atoms with E-state index in [4.69, 9.17) is 14.3 Å². The zero-order chi connectivity index (χ0) is 22.5. The van der Waals surface area contributed by atoms with Gasteiger partial charge in [0.1, 0.15) is 6.04 Å². The van der Waals surface area contributed by atoms with Crippen molar-refractivity contribution >= 4 is 11.4 Å². The molecule has 0 aromatic carbocycles. The number of alkyl halides is 1. The van der Waals surface area contributed by atoms with E-state index in [-0.39, 0.29) is 11.8 Å². The Balaban J connectivity index is 1.58. The highest BCUT2D eigenvalue weighted by Crippen LogP contribution is 2.35. The fourth-order valence-corrected chi connectivity index (χ4v) is 3.87. The van der Waals surface area contributed by atoms with Gasteiger partial charge in [0.05, 0.1) is 29.8 Å². The number of H-pyrrole nitrogens is 1. The van der Waals surface area contributed by atoms with Crippen LogP contribution >= 0.6 is 0 Å². The predicted octanol–water partition coefficient (Wildman–Crippen LogP) is 2.83. The first-order valence-electron chi connectivity index (χ1n) is 10.3. The molecule has 1 aliphatic rings. The van der Waals surface area contributed by atoms with Crippen LogP contribution in [0.15, 0.2) is 35.0 Å². The van der Waals surface area contributed by atoms with Crippen molar-refractivity contribution < 1.29 is 18.3 Å². The minimum Gasteiger partial charge on any atom is -0.478 e. The van der Waals surface area contributed by atoms with Gasteiger partial charge >= 0.3 is 11.8 Å². The lowest BCUT2D eigenvalue weighted by molar-refractivity contribution is 0.0636. The molecule has 0 spiro atoms. The topological polar surface area (TPSA) is 114 Å². The van der Waals surface area contributed by atoms with Gasteiger partial charge in [0.2, 0.25) is 5.88 Å². The first-order valence-corrected chi connectivity index (χ1v) is 10.3. The van der Waals surface area contributed by atoms with Crippen LogP contribution in [0.3, 0.4) is 0 Å². The molecule has 0 bridgehead atoms. The second-order valence-electron chi connectivity index (χ2n) is 8.01. The van der Waals surface area contributed by atoms with Crippen LogP contribution in [0.25, 0.3) is 5.52 Å². The average Bonchev–Trinajstić information content (AvgIpc) is 3.51. The molecule has 0 aliphatic carbocycles. The van der Waals surface area contributed by atoms with Crippen molar-refractivity contribution in [1.82, 2.24) is 34.7 Å². The van der Waals surface area contributed by atoms with Gasteiger partial charge in [-0.15, -0.1) is 10.2 Å². The number of ether oxygens (including phenoxy) is 1.